The van der Waals surface area contributed by atoms with Crippen LogP contribution in [0.5, 0.6) is 0 Å². The van der Waals surface area contributed by atoms with Gasteiger partial charge in [0.2, 0.25) is 0 Å². The zero-order chi connectivity index (χ0) is 14.9. The molecule has 21 heavy (non-hydrogen) atoms. The highest BCUT2D eigenvalue weighted by Crippen LogP contribution is 2.39. The van der Waals surface area contributed by atoms with Gasteiger partial charge in [0.1, 0.15) is 11.0 Å². The molecule has 0 spiro atoms. The fourth-order valence-corrected chi connectivity index (χ4v) is 3.18. The number of urea groups is 1. The van der Waals surface area contributed by atoms with E-state index in [4.69, 9.17) is 0 Å². The van der Waals surface area contributed by atoms with Crippen molar-refractivity contribution >= 4 is 28.8 Å². The molecular formula is C15H20N4OS. The zero-order valence-corrected chi connectivity index (χ0v) is 13.2. The Balaban J connectivity index is 1.62. The Hall–Kier alpha value is -1.69. The van der Waals surface area contributed by atoms with Crippen LogP contribution < -0.4 is 5.32 Å². The molecule has 0 radical (unpaired) electrons. The molecule has 0 atom stereocenters. The Morgan fingerprint density at radius 2 is 2.14 bits per heavy atom. The maximum absolute atomic E-state index is 12.3. The van der Waals surface area contributed by atoms with Gasteiger partial charge in [-0.2, -0.15) is 8.75 Å². The first-order chi connectivity index (χ1) is 10.1. The summed E-state index contributed by atoms with van der Waals surface area (Å²) in [7, 11) is 1.83. The van der Waals surface area contributed by atoms with Gasteiger partial charge in [-0.25, -0.2) is 4.79 Å². The number of nitrogens with one attached hydrogen (secondary N) is 1. The number of amides is 2. The van der Waals surface area contributed by atoms with Gasteiger partial charge in [-0.1, -0.05) is 19.4 Å². The molecule has 1 aromatic heterocycles. The largest absolute Gasteiger partial charge is 0.333 e. The van der Waals surface area contributed by atoms with E-state index < -0.39 is 0 Å². The molecular weight excluding hydrogens is 284 g/mol. The first-order valence-electron chi connectivity index (χ1n) is 7.36. The van der Waals surface area contributed by atoms with E-state index in [9.17, 15) is 4.79 Å². The van der Waals surface area contributed by atoms with Crippen molar-refractivity contribution < 1.29 is 4.79 Å². The summed E-state index contributed by atoms with van der Waals surface area (Å²) >= 11 is 1.22. The second-order valence-corrected chi connectivity index (χ2v) is 6.43. The monoisotopic (exact) mass is 304 g/mol. The smallest absolute Gasteiger partial charge is 0.317 e. The minimum absolute atomic E-state index is 0.0115. The molecule has 1 aliphatic rings. The molecule has 2 amide bonds. The molecule has 0 bridgehead atoms. The summed E-state index contributed by atoms with van der Waals surface area (Å²) in [5.74, 6) is 0. The van der Waals surface area contributed by atoms with Crippen LogP contribution >= 0.6 is 11.7 Å². The fraction of sp³-hybridized carbons (Fsp3) is 0.533. The van der Waals surface area contributed by atoms with Crippen LogP contribution in [-0.4, -0.2) is 32.3 Å². The number of hydrogen-bond donors (Lipinski definition) is 1. The van der Waals surface area contributed by atoms with Gasteiger partial charge in [0.05, 0.1) is 11.7 Å². The van der Waals surface area contributed by atoms with Crippen LogP contribution in [0.4, 0.5) is 4.79 Å². The number of carbonyl (C=O) groups excluding carboxylic acids is 1. The number of nitrogens with zero attached hydrogens (tertiary/aromatic N) is 3. The highest BCUT2D eigenvalue weighted by molar-refractivity contribution is 7.00. The van der Waals surface area contributed by atoms with Gasteiger partial charge in [0.15, 0.2) is 0 Å². The van der Waals surface area contributed by atoms with E-state index in [1.165, 1.54) is 11.7 Å². The number of fused-ring (bicyclic) bond motifs is 1. The zero-order valence-electron chi connectivity index (χ0n) is 12.4. The van der Waals surface area contributed by atoms with E-state index >= 15 is 0 Å². The Morgan fingerprint density at radius 1 is 1.38 bits per heavy atom. The van der Waals surface area contributed by atoms with E-state index in [-0.39, 0.29) is 11.6 Å². The highest BCUT2D eigenvalue weighted by atomic mass is 32.1. The number of benzene rings is 1. The number of carbonyl (C=O) groups is 1. The highest BCUT2D eigenvalue weighted by Gasteiger charge is 2.43. The van der Waals surface area contributed by atoms with Crippen molar-refractivity contribution in [3.05, 3.63) is 23.8 Å². The summed E-state index contributed by atoms with van der Waals surface area (Å²) in [6.45, 7) is 2.74. The molecule has 6 heteroatoms. The molecule has 1 aliphatic carbocycles. The molecule has 2 aromatic rings. The molecule has 0 unspecified atom stereocenters. The van der Waals surface area contributed by atoms with Crippen LogP contribution in [0.15, 0.2) is 18.2 Å². The van der Waals surface area contributed by atoms with Crippen LogP contribution in [-0.2, 0) is 6.54 Å². The van der Waals surface area contributed by atoms with Gasteiger partial charge in [-0.3, -0.25) is 0 Å². The molecule has 3 rings (SSSR count). The SMILES string of the molecule is CCCC1(NC(=O)N(C)Cc2ccc3nsnc3c2)CC1. The van der Waals surface area contributed by atoms with Crippen LogP contribution in [0, 0.1) is 0 Å². The van der Waals surface area contributed by atoms with Crippen molar-refractivity contribution in [1.29, 1.82) is 0 Å². The predicted molar refractivity (Wildman–Crippen MR) is 84.3 cm³/mol. The molecule has 1 N–H and O–H groups in total. The molecule has 1 saturated carbocycles. The Bertz CT molecular complexity index is 650. The maximum Gasteiger partial charge on any atom is 0.317 e. The molecule has 112 valence electrons. The van der Waals surface area contributed by atoms with Gasteiger partial charge in [0.25, 0.3) is 0 Å². The second-order valence-electron chi connectivity index (χ2n) is 5.90. The van der Waals surface area contributed by atoms with Crippen molar-refractivity contribution in [2.75, 3.05) is 7.05 Å². The first-order valence-corrected chi connectivity index (χ1v) is 8.09. The molecule has 1 fully saturated rings. The average molecular weight is 304 g/mol. The third-order valence-corrected chi connectivity index (χ3v) is 4.60. The Kier molecular flexibility index (Phi) is 3.80. The molecule has 1 heterocycles. The summed E-state index contributed by atoms with van der Waals surface area (Å²) in [5, 5.41) is 3.18. The van der Waals surface area contributed by atoms with Crippen LogP contribution in [0.25, 0.3) is 11.0 Å². The molecule has 5 nitrogen and oxygen atoms in total. The number of hydrogen-bond acceptors (Lipinski definition) is 4. The van der Waals surface area contributed by atoms with E-state index in [0.717, 1.165) is 42.3 Å². The third-order valence-electron chi connectivity index (χ3n) is 4.04. The predicted octanol–water partition coefficient (Wildman–Crippen LogP) is 3.17. The Labute approximate surface area is 128 Å². The van der Waals surface area contributed by atoms with Crippen molar-refractivity contribution in [1.82, 2.24) is 19.0 Å². The van der Waals surface area contributed by atoms with Gasteiger partial charge in [0, 0.05) is 19.1 Å². The van der Waals surface area contributed by atoms with Gasteiger partial charge in [-0.05, 0) is 37.0 Å². The lowest BCUT2D eigenvalue weighted by molar-refractivity contribution is 0.200. The van der Waals surface area contributed by atoms with Crippen molar-refractivity contribution in [3.63, 3.8) is 0 Å². The molecule has 0 aliphatic heterocycles. The third kappa shape index (κ3) is 3.15. The lowest BCUT2D eigenvalue weighted by atomic mass is 10.1. The van der Waals surface area contributed by atoms with Gasteiger partial charge >= 0.3 is 6.03 Å². The van der Waals surface area contributed by atoms with E-state index in [0.29, 0.717) is 6.54 Å². The normalized spacial score (nSPS) is 15.9. The average Bonchev–Trinajstić information content (AvgIpc) is 3.04. The van der Waals surface area contributed by atoms with Crippen LogP contribution in [0.2, 0.25) is 0 Å². The van der Waals surface area contributed by atoms with E-state index in [1.54, 1.807) is 4.90 Å². The minimum atomic E-state index is 0.0115. The summed E-state index contributed by atoms with van der Waals surface area (Å²) < 4.78 is 8.43. The van der Waals surface area contributed by atoms with Gasteiger partial charge in [-0.15, -0.1) is 0 Å². The lowest BCUT2D eigenvalue weighted by Gasteiger charge is -2.23. The summed E-state index contributed by atoms with van der Waals surface area (Å²) in [5.41, 5.74) is 2.96. The molecule has 1 aromatic carbocycles. The van der Waals surface area contributed by atoms with E-state index in [1.807, 2.05) is 25.2 Å². The minimum Gasteiger partial charge on any atom is -0.333 e. The standard InChI is InChI=1S/C15H20N4OS/c1-3-6-15(7-8-15)16-14(20)19(2)10-11-4-5-12-13(9-11)18-21-17-12/h4-5,9H,3,6-8,10H2,1-2H3,(H,16,20). The summed E-state index contributed by atoms with van der Waals surface area (Å²) in [4.78, 5) is 14.0. The van der Waals surface area contributed by atoms with Crippen molar-refractivity contribution in [2.24, 2.45) is 0 Å². The van der Waals surface area contributed by atoms with Crippen molar-refractivity contribution in [3.8, 4) is 0 Å². The number of aromatic nitrogens is 2. The number of rotatable bonds is 5. The summed E-state index contributed by atoms with van der Waals surface area (Å²) in [6.07, 6.45) is 4.40. The maximum atomic E-state index is 12.3. The second kappa shape index (κ2) is 5.60. The first kappa shape index (κ1) is 14.3. The quantitative estimate of drug-likeness (QED) is 0.923. The fourth-order valence-electron chi connectivity index (χ4n) is 2.66. The molecule has 0 saturated heterocycles. The lowest BCUT2D eigenvalue weighted by Crippen LogP contribution is -2.44. The van der Waals surface area contributed by atoms with Crippen LogP contribution in [0.3, 0.4) is 0 Å². The van der Waals surface area contributed by atoms with Gasteiger partial charge < -0.3 is 10.2 Å². The topological polar surface area (TPSA) is 58.1 Å². The Morgan fingerprint density at radius 3 is 2.86 bits per heavy atom. The summed E-state index contributed by atoms with van der Waals surface area (Å²) in [6, 6.07) is 5.98. The van der Waals surface area contributed by atoms with E-state index in [2.05, 4.69) is 21.0 Å². The van der Waals surface area contributed by atoms with Crippen LogP contribution in [0.1, 0.15) is 38.2 Å². The van der Waals surface area contributed by atoms with Crippen molar-refractivity contribution in [2.45, 2.75) is 44.7 Å².